The van der Waals surface area contributed by atoms with Gasteiger partial charge in [-0.1, -0.05) is 6.92 Å². The first-order valence-electron chi connectivity index (χ1n) is 7.14. The van der Waals surface area contributed by atoms with Gasteiger partial charge in [0.15, 0.2) is 0 Å². The number of hydrogen-bond donors (Lipinski definition) is 0. The second-order valence-electron chi connectivity index (χ2n) is 5.33. The second-order valence-corrected chi connectivity index (χ2v) is 7.20. The van der Waals surface area contributed by atoms with Gasteiger partial charge >= 0.3 is 0 Å². The first-order chi connectivity index (χ1) is 9.52. The summed E-state index contributed by atoms with van der Waals surface area (Å²) in [5, 5.41) is 0. The molecule has 0 saturated carbocycles. The standard InChI is InChI=1S/C13H23N3O3S/c1-3-20(19)9-4-12(17)16-8-7-15-6-5-14(2)13(18)11(15)10-16/h11H,3-10H2,1-2H3/t11-,20+/m0/s1. The highest BCUT2D eigenvalue weighted by molar-refractivity contribution is 7.84. The lowest BCUT2D eigenvalue weighted by Gasteiger charge is -2.45. The molecule has 2 atom stereocenters. The normalized spacial score (nSPS) is 25.5. The van der Waals surface area contributed by atoms with E-state index in [-0.39, 0.29) is 17.9 Å². The maximum absolute atomic E-state index is 12.1. The minimum absolute atomic E-state index is 0.0208. The average molecular weight is 301 g/mol. The molecule has 0 spiro atoms. The Morgan fingerprint density at radius 1 is 1.30 bits per heavy atom. The quantitative estimate of drug-likeness (QED) is 0.677. The van der Waals surface area contributed by atoms with E-state index in [9.17, 15) is 13.8 Å². The predicted octanol–water partition coefficient (Wildman–Crippen LogP) is -0.870. The highest BCUT2D eigenvalue weighted by Crippen LogP contribution is 2.16. The zero-order valence-electron chi connectivity index (χ0n) is 12.2. The summed E-state index contributed by atoms with van der Waals surface area (Å²) in [6.07, 6.45) is 0.317. The van der Waals surface area contributed by atoms with Gasteiger partial charge in [-0.25, -0.2) is 0 Å². The van der Waals surface area contributed by atoms with Crippen molar-refractivity contribution in [1.29, 1.82) is 0 Å². The molecule has 2 heterocycles. The van der Waals surface area contributed by atoms with Crippen LogP contribution in [0.5, 0.6) is 0 Å². The molecule has 2 amide bonds. The third-order valence-corrected chi connectivity index (χ3v) is 5.40. The van der Waals surface area contributed by atoms with Crippen LogP contribution >= 0.6 is 0 Å². The lowest BCUT2D eigenvalue weighted by molar-refractivity contribution is -0.147. The van der Waals surface area contributed by atoms with E-state index in [4.69, 9.17) is 0 Å². The second kappa shape index (κ2) is 6.67. The van der Waals surface area contributed by atoms with Gasteiger partial charge in [0, 0.05) is 68.5 Å². The van der Waals surface area contributed by atoms with Gasteiger partial charge in [-0.15, -0.1) is 0 Å². The van der Waals surface area contributed by atoms with Crippen LogP contribution < -0.4 is 0 Å². The first kappa shape index (κ1) is 15.4. The number of amides is 2. The van der Waals surface area contributed by atoms with Gasteiger partial charge in [-0.2, -0.15) is 0 Å². The van der Waals surface area contributed by atoms with Crippen molar-refractivity contribution < 1.29 is 13.8 Å². The Morgan fingerprint density at radius 3 is 2.70 bits per heavy atom. The summed E-state index contributed by atoms with van der Waals surface area (Å²) in [5.74, 6) is 1.14. The molecule has 0 N–H and O–H groups in total. The number of piperazine rings is 2. The van der Waals surface area contributed by atoms with Gasteiger partial charge in [0.2, 0.25) is 11.8 Å². The van der Waals surface area contributed by atoms with E-state index in [0.717, 1.165) is 19.6 Å². The molecule has 114 valence electrons. The monoisotopic (exact) mass is 301 g/mol. The Kier molecular flexibility index (Phi) is 5.15. The van der Waals surface area contributed by atoms with Crippen molar-refractivity contribution in [3.05, 3.63) is 0 Å². The number of likely N-dealkylation sites (N-methyl/N-ethyl adjacent to an activating group) is 1. The summed E-state index contributed by atoms with van der Waals surface area (Å²) in [5.41, 5.74) is 0. The smallest absolute Gasteiger partial charge is 0.241 e. The Balaban J connectivity index is 1.90. The molecular formula is C13H23N3O3S. The Labute approximate surface area is 122 Å². The Morgan fingerprint density at radius 2 is 2.00 bits per heavy atom. The molecule has 7 heteroatoms. The number of fused-ring (bicyclic) bond motifs is 1. The van der Waals surface area contributed by atoms with Crippen molar-refractivity contribution >= 4 is 22.6 Å². The van der Waals surface area contributed by atoms with Gasteiger partial charge in [0.1, 0.15) is 6.04 Å². The van der Waals surface area contributed by atoms with Crippen molar-refractivity contribution in [3.63, 3.8) is 0 Å². The van der Waals surface area contributed by atoms with Crippen LogP contribution in [-0.4, -0.2) is 88.0 Å². The SMILES string of the molecule is CC[S@@](=O)CCC(=O)N1CCN2CCN(C)C(=O)[C@@H]2C1. The molecule has 0 bridgehead atoms. The van der Waals surface area contributed by atoms with Crippen LogP contribution in [0.4, 0.5) is 0 Å². The maximum Gasteiger partial charge on any atom is 0.241 e. The Hall–Kier alpha value is -0.950. The highest BCUT2D eigenvalue weighted by Gasteiger charge is 2.38. The fourth-order valence-corrected chi connectivity index (χ4v) is 3.39. The predicted molar refractivity (Wildman–Crippen MR) is 77.7 cm³/mol. The maximum atomic E-state index is 12.1. The van der Waals surface area contributed by atoms with Gasteiger partial charge in [0.25, 0.3) is 0 Å². The van der Waals surface area contributed by atoms with E-state index in [1.54, 1.807) is 9.80 Å². The molecule has 6 nitrogen and oxygen atoms in total. The van der Waals surface area contributed by atoms with E-state index in [0.29, 0.717) is 31.0 Å². The molecule has 0 aromatic carbocycles. The number of carbonyl (C=O) groups excluding carboxylic acids is 2. The van der Waals surface area contributed by atoms with Crippen LogP contribution in [0, 0.1) is 0 Å². The molecule has 0 aromatic rings. The molecule has 0 aromatic heterocycles. The van der Waals surface area contributed by atoms with Crippen molar-refractivity contribution in [2.75, 3.05) is 51.3 Å². The number of rotatable bonds is 4. The zero-order valence-corrected chi connectivity index (χ0v) is 13.0. The highest BCUT2D eigenvalue weighted by atomic mass is 32.2. The van der Waals surface area contributed by atoms with E-state index < -0.39 is 10.8 Å². The molecule has 0 aliphatic carbocycles. The van der Waals surface area contributed by atoms with Crippen LogP contribution in [0.2, 0.25) is 0 Å². The lowest BCUT2D eigenvalue weighted by Crippen LogP contribution is -2.64. The Bertz CT molecular complexity index is 416. The fraction of sp³-hybridized carbons (Fsp3) is 0.846. The van der Waals surface area contributed by atoms with Crippen molar-refractivity contribution in [1.82, 2.24) is 14.7 Å². The van der Waals surface area contributed by atoms with Crippen molar-refractivity contribution in [2.45, 2.75) is 19.4 Å². The van der Waals surface area contributed by atoms with Crippen LogP contribution in [0.25, 0.3) is 0 Å². The van der Waals surface area contributed by atoms with Crippen LogP contribution in [0.15, 0.2) is 0 Å². The summed E-state index contributed by atoms with van der Waals surface area (Å²) in [6.45, 7) is 5.40. The molecule has 20 heavy (non-hydrogen) atoms. The zero-order chi connectivity index (χ0) is 14.7. The third kappa shape index (κ3) is 3.38. The number of hydrogen-bond acceptors (Lipinski definition) is 4. The van der Waals surface area contributed by atoms with Crippen LogP contribution in [-0.2, 0) is 20.4 Å². The third-order valence-electron chi connectivity index (χ3n) is 4.09. The summed E-state index contributed by atoms with van der Waals surface area (Å²) in [4.78, 5) is 29.9. The molecular weight excluding hydrogens is 278 g/mol. The van der Waals surface area contributed by atoms with Crippen molar-refractivity contribution in [3.8, 4) is 0 Å². The molecule has 0 radical (unpaired) electrons. The summed E-state index contributed by atoms with van der Waals surface area (Å²) in [6, 6.07) is -0.192. The largest absolute Gasteiger partial charge is 0.343 e. The summed E-state index contributed by atoms with van der Waals surface area (Å²) in [7, 11) is 0.905. The topological polar surface area (TPSA) is 60.9 Å². The van der Waals surface area contributed by atoms with E-state index in [1.807, 2.05) is 14.0 Å². The van der Waals surface area contributed by atoms with Gasteiger partial charge in [0.05, 0.1) is 0 Å². The first-order valence-corrected chi connectivity index (χ1v) is 8.63. The number of carbonyl (C=O) groups is 2. The van der Waals surface area contributed by atoms with E-state index in [1.165, 1.54) is 0 Å². The summed E-state index contributed by atoms with van der Waals surface area (Å²) >= 11 is 0. The molecule has 2 aliphatic heterocycles. The van der Waals surface area contributed by atoms with Crippen LogP contribution in [0.3, 0.4) is 0 Å². The van der Waals surface area contributed by atoms with Gasteiger partial charge < -0.3 is 9.80 Å². The number of nitrogens with zero attached hydrogens (tertiary/aromatic N) is 3. The molecule has 0 unspecified atom stereocenters. The van der Waals surface area contributed by atoms with Crippen LogP contribution in [0.1, 0.15) is 13.3 Å². The minimum atomic E-state index is -0.906. The van der Waals surface area contributed by atoms with Gasteiger partial charge in [-0.05, 0) is 0 Å². The van der Waals surface area contributed by atoms with Gasteiger partial charge in [-0.3, -0.25) is 18.7 Å². The van der Waals surface area contributed by atoms with Crippen molar-refractivity contribution in [2.24, 2.45) is 0 Å². The molecule has 2 fully saturated rings. The van der Waals surface area contributed by atoms with E-state index in [2.05, 4.69) is 4.90 Å². The minimum Gasteiger partial charge on any atom is -0.343 e. The fourth-order valence-electron chi connectivity index (χ4n) is 2.70. The summed E-state index contributed by atoms with van der Waals surface area (Å²) < 4.78 is 11.4. The molecule has 2 rings (SSSR count). The lowest BCUT2D eigenvalue weighted by atomic mass is 10.1. The van der Waals surface area contributed by atoms with E-state index >= 15 is 0 Å². The average Bonchev–Trinajstić information content (AvgIpc) is 2.48. The molecule has 2 aliphatic rings. The molecule has 2 saturated heterocycles.